The van der Waals surface area contributed by atoms with Crippen LogP contribution in [0.15, 0.2) is 48.0 Å². The second-order valence-corrected chi connectivity index (χ2v) is 4.75. The first-order valence-electron chi connectivity index (χ1n) is 7.14. The van der Waals surface area contributed by atoms with Gasteiger partial charge in [-0.15, -0.1) is 0 Å². The van der Waals surface area contributed by atoms with Crippen molar-refractivity contribution in [1.29, 1.82) is 5.26 Å². The van der Waals surface area contributed by atoms with Crippen LogP contribution in [0.2, 0.25) is 0 Å². The topological polar surface area (TPSA) is 62.1 Å². The Labute approximate surface area is 138 Å². The zero-order valence-electron chi connectivity index (χ0n) is 12.8. The van der Waals surface area contributed by atoms with E-state index in [-0.39, 0.29) is 11.3 Å². The predicted octanol–water partition coefficient (Wildman–Crippen LogP) is 3.91. The second-order valence-electron chi connectivity index (χ2n) is 4.75. The van der Waals surface area contributed by atoms with E-state index in [2.05, 4.69) is 5.32 Å². The Morgan fingerprint density at radius 1 is 1.29 bits per heavy atom. The molecule has 2 aromatic carbocycles. The maximum Gasteiger partial charge on any atom is 0.266 e. The van der Waals surface area contributed by atoms with Gasteiger partial charge in [-0.1, -0.05) is 12.1 Å². The highest BCUT2D eigenvalue weighted by Crippen LogP contribution is 2.18. The van der Waals surface area contributed by atoms with Gasteiger partial charge in [0.15, 0.2) is 0 Å². The molecule has 24 heavy (non-hydrogen) atoms. The number of anilines is 1. The molecule has 0 aliphatic heterocycles. The van der Waals surface area contributed by atoms with Crippen LogP contribution >= 0.6 is 0 Å². The molecule has 0 atom stereocenters. The number of amides is 1. The smallest absolute Gasteiger partial charge is 0.266 e. The molecule has 0 heterocycles. The molecule has 0 aromatic heterocycles. The lowest BCUT2D eigenvalue weighted by atomic mass is 10.1. The number of rotatable bonds is 5. The lowest BCUT2D eigenvalue weighted by molar-refractivity contribution is -0.112. The number of carbonyl (C=O) groups excluding carboxylic acids is 1. The molecule has 1 N–H and O–H groups in total. The molecule has 0 aliphatic carbocycles. The molecule has 1 amide bonds. The van der Waals surface area contributed by atoms with Crippen molar-refractivity contribution < 1.29 is 18.3 Å². The van der Waals surface area contributed by atoms with Gasteiger partial charge >= 0.3 is 0 Å². The summed E-state index contributed by atoms with van der Waals surface area (Å²) in [6.07, 6.45) is 1.36. The number of ether oxygens (including phenoxy) is 1. The van der Waals surface area contributed by atoms with Gasteiger partial charge in [-0.3, -0.25) is 4.79 Å². The van der Waals surface area contributed by atoms with Crippen molar-refractivity contribution in [3.8, 4) is 11.8 Å². The van der Waals surface area contributed by atoms with Crippen molar-refractivity contribution >= 4 is 17.7 Å². The van der Waals surface area contributed by atoms with Gasteiger partial charge in [0, 0.05) is 6.07 Å². The molecule has 0 fully saturated rings. The van der Waals surface area contributed by atoms with Crippen LogP contribution in [0.5, 0.6) is 5.75 Å². The van der Waals surface area contributed by atoms with Gasteiger partial charge < -0.3 is 10.1 Å². The van der Waals surface area contributed by atoms with E-state index in [0.717, 1.165) is 12.1 Å². The highest BCUT2D eigenvalue weighted by atomic mass is 19.1. The number of benzene rings is 2. The molecule has 6 heteroatoms. The van der Waals surface area contributed by atoms with E-state index in [1.807, 2.05) is 6.92 Å². The summed E-state index contributed by atoms with van der Waals surface area (Å²) in [5, 5.41) is 11.4. The molecule has 0 bridgehead atoms. The van der Waals surface area contributed by atoms with E-state index in [9.17, 15) is 13.6 Å². The van der Waals surface area contributed by atoms with E-state index in [0.29, 0.717) is 24.0 Å². The van der Waals surface area contributed by atoms with Crippen LogP contribution in [0.4, 0.5) is 14.5 Å². The molecule has 0 radical (unpaired) electrons. The summed E-state index contributed by atoms with van der Waals surface area (Å²) in [5.41, 5.74) is 0.171. The summed E-state index contributed by atoms with van der Waals surface area (Å²) in [4.78, 5) is 12.1. The van der Waals surface area contributed by atoms with Crippen molar-refractivity contribution in [3.05, 3.63) is 65.2 Å². The number of hydrogen-bond donors (Lipinski definition) is 1. The molecule has 0 saturated carbocycles. The summed E-state index contributed by atoms with van der Waals surface area (Å²) in [5.74, 6) is -1.85. The van der Waals surface area contributed by atoms with E-state index < -0.39 is 17.5 Å². The number of nitrogens with zero attached hydrogens (tertiary/aromatic N) is 1. The summed E-state index contributed by atoms with van der Waals surface area (Å²) < 4.78 is 31.8. The summed E-state index contributed by atoms with van der Waals surface area (Å²) >= 11 is 0. The van der Waals surface area contributed by atoms with Crippen LogP contribution in [0.3, 0.4) is 0 Å². The molecule has 2 rings (SSSR count). The Morgan fingerprint density at radius 2 is 2.08 bits per heavy atom. The second kappa shape index (κ2) is 7.88. The van der Waals surface area contributed by atoms with Gasteiger partial charge in [-0.2, -0.15) is 5.26 Å². The number of carbonyl (C=O) groups is 1. The molecule has 122 valence electrons. The van der Waals surface area contributed by atoms with Crippen LogP contribution < -0.4 is 10.1 Å². The van der Waals surface area contributed by atoms with E-state index in [1.165, 1.54) is 6.08 Å². The lowest BCUT2D eigenvalue weighted by Gasteiger charge is -2.06. The van der Waals surface area contributed by atoms with Gasteiger partial charge in [0.05, 0.1) is 12.3 Å². The number of nitriles is 1. The maximum absolute atomic E-state index is 13.6. The van der Waals surface area contributed by atoms with Crippen molar-refractivity contribution in [2.24, 2.45) is 0 Å². The summed E-state index contributed by atoms with van der Waals surface area (Å²) in [6.45, 7) is 2.33. The normalized spacial score (nSPS) is 10.8. The molecule has 2 aromatic rings. The minimum Gasteiger partial charge on any atom is -0.494 e. The third-order valence-electron chi connectivity index (χ3n) is 3.02. The molecule has 0 saturated heterocycles. The lowest BCUT2D eigenvalue weighted by Crippen LogP contribution is -2.14. The van der Waals surface area contributed by atoms with E-state index in [1.54, 1.807) is 30.3 Å². The van der Waals surface area contributed by atoms with Crippen LogP contribution in [-0.4, -0.2) is 12.5 Å². The Bertz CT molecular complexity index is 826. The van der Waals surface area contributed by atoms with Gasteiger partial charge in [0.2, 0.25) is 0 Å². The first kappa shape index (κ1) is 17.2. The first-order valence-corrected chi connectivity index (χ1v) is 7.14. The Morgan fingerprint density at radius 3 is 2.75 bits per heavy atom. The average molecular weight is 328 g/mol. The number of hydrogen-bond acceptors (Lipinski definition) is 3. The van der Waals surface area contributed by atoms with Crippen molar-refractivity contribution in [2.45, 2.75) is 6.92 Å². The maximum atomic E-state index is 13.6. The highest BCUT2D eigenvalue weighted by molar-refractivity contribution is 6.09. The van der Waals surface area contributed by atoms with Crippen LogP contribution in [0.25, 0.3) is 6.08 Å². The van der Waals surface area contributed by atoms with Crippen molar-refractivity contribution in [2.75, 3.05) is 11.9 Å². The largest absolute Gasteiger partial charge is 0.494 e. The van der Waals surface area contributed by atoms with E-state index in [4.69, 9.17) is 10.00 Å². The third kappa shape index (κ3) is 4.40. The van der Waals surface area contributed by atoms with Gasteiger partial charge in [0.1, 0.15) is 29.0 Å². The Kier molecular flexibility index (Phi) is 5.63. The SMILES string of the molecule is CCOc1cccc(/C=C(\C#N)C(=O)Nc2ccc(F)cc2F)c1. The molecular weight excluding hydrogens is 314 g/mol. The molecule has 0 unspecified atom stereocenters. The van der Waals surface area contributed by atoms with Gasteiger partial charge in [-0.05, 0) is 42.8 Å². The minimum atomic E-state index is -0.918. The van der Waals surface area contributed by atoms with Gasteiger partial charge in [0.25, 0.3) is 5.91 Å². The number of nitrogens with one attached hydrogen (secondary N) is 1. The monoisotopic (exact) mass is 328 g/mol. The van der Waals surface area contributed by atoms with Crippen LogP contribution in [0, 0.1) is 23.0 Å². The molecule has 0 aliphatic rings. The zero-order valence-corrected chi connectivity index (χ0v) is 12.8. The quantitative estimate of drug-likeness (QED) is 0.668. The Balaban J connectivity index is 2.22. The summed E-state index contributed by atoms with van der Waals surface area (Å²) in [7, 11) is 0. The van der Waals surface area contributed by atoms with Crippen molar-refractivity contribution in [3.63, 3.8) is 0 Å². The predicted molar refractivity (Wildman–Crippen MR) is 86.2 cm³/mol. The zero-order chi connectivity index (χ0) is 17.5. The Hall–Kier alpha value is -3.20. The average Bonchev–Trinajstić information content (AvgIpc) is 2.56. The summed E-state index contributed by atoms with van der Waals surface area (Å²) in [6, 6.07) is 11.4. The fourth-order valence-electron chi connectivity index (χ4n) is 1.96. The molecule has 0 spiro atoms. The number of halogens is 2. The van der Waals surface area contributed by atoms with Crippen LogP contribution in [-0.2, 0) is 4.79 Å². The fourth-order valence-corrected chi connectivity index (χ4v) is 1.96. The van der Waals surface area contributed by atoms with Crippen LogP contribution in [0.1, 0.15) is 12.5 Å². The highest BCUT2D eigenvalue weighted by Gasteiger charge is 2.12. The first-order chi connectivity index (χ1) is 11.5. The van der Waals surface area contributed by atoms with Crippen molar-refractivity contribution in [1.82, 2.24) is 0 Å². The molecular formula is C18H14F2N2O2. The fraction of sp³-hybridized carbons (Fsp3) is 0.111. The van der Waals surface area contributed by atoms with E-state index >= 15 is 0 Å². The molecule has 4 nitrogen and oxygen atoms in total. The minimum absolute atomic E-state index is 0.203. The van der Waals surface area contributed by atoms with Gasteiger partial charge in [-0.25, -0.2) is 8.78 Å². The standard InChI is InChI=1S/C18H14F2N2O2/c1-2-24-15-5-3-4-12(9-15)8-13(11-21)18(23)22-17-7-6-14(19)10-16(17)20/h3-10H,2H2,1H3,(H,22,23)/b13-8+. The third-order valence-corrected chi connectivity index (χ3v) is 3.02.